The minimum Gasteiger partial charge on any atom is -0.411 e. The van der Waals surface area contributed by atoms with Crippen LogP contribution in [0.4, 0.5) is 10.5 Å². The topological polar surface area (TPSA) is 111 Å². The number of imide groups is 1. The van der Waals surface area contributed by atoms with Crippen LogP contribution < -0.4 is 15.5 Å². The maximum Gasteiger partial charge on any atom is 0.329 e. The van der Waals surface area contributed by atoms with Crippen LogP contribution in [0.1, 0.15) is 38.7 Å². The summed E-state index contributed by atoms with van der Waals surface area (Å²) in [5, 5.41) is 17.3. The molecule has 0 saturated carbocycles. The van der Waals surface area contributed by atoms with Crippen LogP contribution in [0.3, 0.4) is 0 Å². The van der Waals surface area contributed by atoms with Crippen molar-refractivity contribution in [3.63, 3.8) is 0 Å². The molecule has 1 aliphatic heterocycles. The second-order valence-electron chi connectivity index (χ2n) is 5.89. The largest absolute Gasteiger partial charge is 0.411 e. The van der Waals surface area contributed by atoms with Gasteiger partial charge in [0, 0.05) is 13.5 Å². The average molecular weight is 346 g/mol. The van der Waals surface area contributed by atoms with Crippen LogP contribution >= 0.6 is 0 Å². The van der Waals surface area contributed by atoms with Gasteiger partial charge in [-0.15, -0.1) is 0 Å². The molecule has 1 heterocycles. The van der Waals surface area contributed by atoms with E-state index in [0.717, 1.165) is 17.7 Å². The standard InChI is InChI=1S/C17H22N4O4/c1-11(20-25)13-6-8-14(9-7-13)21-16(23)15(19-17(21)24)5-3-4-10-18-12(2)22/h6-9,15,25H,3-5,10H2,1-2H3,(H,18,22)(H,19,24)/b20-11+. The third kappa shape index (κ3) is 4.56. The highest BCUT2D eigenvalue weighted by atomic mass is 16.4. The average Bonchev–Trinajstić information content (AvgIpc) is 2.87. The summed E-state index contributed by atoms with van der Waals surface area (Å²) < 4.78 is 0. The molecule has 0 spiro atoms. The minimum absolute atomic E-state index is 0.0821. The Bertz CT molecular complexity index is 684. The Morgan fingerprint density at radius 2 is 1.92 bits per heavy atom. The molecule has 2 rings (SSSR count). The van der Waals surface area contributed by atoms with Crippen LogP contribution in [0.2, 0.25) is 0 Å². The zero-order valence-corrected chi connectivity index (χ0v) is 14.3. The highest BCUT2D eigenvalue weighted by Crippen LogP contribution is 2.22. The molecule has 1 saturated heterocycles. The quantitative estimate of drug-likeness (QED) is 0.229. The number of hydrogen-bond donors (Lipinski definition) is 3. The van der Waals surface area contributed by atoms with E-state index < -0.39 is 12.1 Å². The maximum atomic E-state index is 12.5. The van der Waals surface area contributed by atoms with Gasteiger partial charge >= 0.3 is 6.03 Å². The van der Waals surface area contributed by atoms with Crippen molar-refractivity contribution in [3.8, 4) is 0 Å². The summed E-state index contributed by atoms with van der Waals surface area (Å²) >= 11 is 0. The molecule has 1 aromatic rings. The number of benzene rings is 1. The number of amides is 4. The number of unbranched alkanes of at least 4 members (excludes halogenated alkanes) is 1. The van der Waals surface area contributed by atoms with Crippen LogP contribution in [-0.4, -0.2) is 41.4 Å². The Morgan fingerprint density at radius 1 is 1.24 bits per heavy atom. The van der Waals surface area contributed by atoms with Crippen LogP contribution in [0.5, 0.6) is 0 Å². The first kappa shape index (κ1) is 18.4. The number of carbonyl (C=O) groups excluding carboxylic acids is 3. The van der Waals surface area contributed by atoms with Crippen molar-refractivity contribution in [1.29, 1.82) is 0 Å². The van der Waals surface area contributed by atoms with E-state index in [2.05, 4.69) is 15.8 Å². The highest BCUT2D eigenvalue weighted by molar-refractivity contribution is 6.21. The van der Waals surface area contributed by atoms with Crippen molar-refractivity contribution in [2.45, 2.75) is 39.2 Å². The summed E-state index contributed by atoms with van der Waals surface area (Å²) in [6.07, 6.45) is 1.98. The lowest BCUT2D eigenvalue weighted by Crippen LogP contribution is -2.31. The Balaban J connectivity index is 1.95. The first-order valence-electron chi connectivity index (χ1n) is 8.12. The van der Waals surface area contributed by atoms with E-state index in [0.29, 0.717) is 29.9 Å². The van der Waals surface area contributed by atoms with Gasteiger partial charge in [-0.1, -0.05) is 17.3 Å². The van der Waals surface area contributed by atoms with E-state index in [9.17, 15) is 14.4 Å². The van der Waals surface area contributed by atoms with Gasteiger partial charge in [0.1, 0.15) is 6.04 Å². The summed E-state index contributed by atoms with van der Waals surface area (Å²) in [5.41, 5.74) is 1.62. The molecule has 25 heavy (non-hydrogen) atoms. The van der Waals surface area contributed by atoms with Crippen LogP contribution in [0.25, 0.3) is 0 Å². The molecule has 8 heteroatoms. The van der Waals surface area contributed by atoms with E-state index in [4.69, 9.17) is 5.21 Å². The van der Waals surface area contributed by atoms with Crippen molar-refractivity contribution in [2.24, 2.45) is 5.16 Å². The van der Waals surface area contributed by atoms with E-state index in [1.165, 1.54) is 6.92 Å². The monoisotopic (exact) mass is 346 g/mol. The molecular formula is C17H22N4O4. The molecule has 4 amide bonds. The zero-order chi connectivity index (χ0) is 18.4. The van der Waals surface area contributed by atoms with Crippen molar-refractivity contribution >= 4 is 29.2 Å². The molecule has 0 aliphatic carbocycles. The van der Waals surface area contributed by atoms with Gasteiger partial charge in [-0.25, -0.2) is 9.69 Å². The molecule has 0 bridgehead atoms. The van der Waals surface area contributed by atoms with Gasteiger partial charge in [-0.2, -0.15) is 0 Å². The lowest BCUT2D eigenvalue weighted by Gasteiger charge is -2.13. The normalized spacial score (nSPS) is 17.6. The first-order chi connectivity index (χ1) is 11.9. The van der Waals surface area contributed by atoms with Gasteiger partial charge < -0.3 is 15.8 Å². The summed E-state index contributed by atoms with van der Waals surface area (Å²) in [7, 11) is 0. The zero-order valence-electron chi connectivity index (χ0n) is 14.3. The van der Waals surface area contributed by atoms with E-state index in [1.54, 1.807) is 31.2 Å². The number of anilines is 1. The first-order valence-corrected chi connectivity index (χ1v) is 8.12. The number of nitrogens with one attached hydrogen (secondary N) is 2. The third-order valence-corrected chi connectivity index (χ3v) is 4.01. The van der Waals surface area contributed by atoms with E-state index in [1.807, 2.05) is 0 Å². The lowest BCUT2D eigenvalue weighted by molar-refractivity contribution is -0.119. The Kier molecular flexibility index (Phi) is 6.10. The lowest BCUT2D eigenvalue weighted by atomic mass is 10.1. The molecular weight excluding hydrogens is 324 g/mol. The summed E-state index contributed by atoms with van der Waals surface area (Å²) in [5.74, 6) is -0.369. The predicted octanol–water partition coefficient (Wildman–Crippen LogP) is 1.62. The molecule has 0 aromatic heterocycles. The molecule has 134 valence electrons. The van der Waals surface area contributed by atoms with Gasteiger partial charge in [0.05, 0.1) is 11.4 Å². The van der Waals surface area contributed by atoms with Crippen LogP contribution in [0, 0.1) is 0 Å². The number of nitrogens with zero attached hydrogens (tertiary/aromatic N) is 2. The fourth-order valence-corrected chi connectivity index (χ4v) is 2.62. The van der Waals surface area contributed by atoms with Gasteiger partial charge in [0.25, 0.3) is 5.91 Å². The molecule has 1 aliphatic rings. The predicted molar refractivity (Wildman–Crippen MR) is 92.8 cm³/mol. The van der Waals surface area contributed by atoms with Gasteiger partial charge in [-0.3, -0.25) is 9.59 Å². The summed E-state index contributed by atoms with van der Waals surface area (Å²) in [6.45, 7) is 3.67. The second kappa shape index (κ2) is 8.27. The second-order valence-corrected chi connectivity index (χ2v) is 5.89. The number of rotatable bonds is 7. The molecule has 8 nitrogen and oxygen atoms in total. The number of oxime groups is 1. The van der Waals surface area contributed by atoms with E-state index in [-0.39, 0.29) is 11.8 Å². The fourth-order valence-electron chi connectivity index (χ4n) is 2.62. The van der Waals surface area contributed by atoms with Gasteiger partial charge in [0.15, 0.2) is 0 Å². The van der Waals surface area contributed by atoms with Crippen molar-refractivity contribution in [2.75, 3.05) is 11.4 Å². The molecule has 3 N–H and O–H groups in total. The highest BCUT2D eigenvalue weighted by Gasteiger charge is 2.38. The summed E-state index contributed by atoms with van der Waals surface area (Å²) in [6, 6.07) is 5.65. The SMILES string of the molecule is CC(=O)NCCCCC1NC(=O)N(c2ccc(/C(C)=N/O)cc2)C1=O. The molecule has 1 aromatic carbocycles. The minimum atomic E-state index is -0.551. The van der Waals surface area contributed by atoms with Crippen LogP contribution in [0.15, 0.2) is 29.4 Å². The molecule has 1 unspecified atom stereocenters. The number of hydrogen-bond acceptors (Lipinski definition) is 5. The Morgan fingerprint density at radius 3 is 2.52 bits per heavy atom. The molecule has 1 atom stereocenters. The van der Waals surface area contributed by atoms with Crippen LogP contribution in [-0.2, 0) is 9.59 Å². The van der Waals surface area contributed by atoms with Crippen molar-refractivity contribution < 1.29 is 19.6 Å². The Labute approximate surface area is 145 Å². The Hall–Kier alpha value is -2.90. The molecule has 1 fully saturated rings. The third-order valence-electron chi connectivity index (χ3n) is 4.01. The van der Waals surface area contributed by atoms with Crippen molar-refractivity contribution in [3.05, 3.63) is 29.8 Å². The van der Waals surface area contributed by atoms with Gasteiger partial charge in [-0.05, 0) is 43.9 Å². The summed E-state index contributed by atoms with van der Waals surface area (Å²) in [4.78, 5) is 36.5. The fraction of sp³-hybridized carbons (Fsp3) is 0.412. The van der Waals surface area contributed by atoms with Crippen molar-refractivity contribution in [1.82, 2.24) is 10.6 Å². The number of urea groups is 1. The smallest absolute Gasteiger partial charge is 0.329 e. The van der Waals surface area contributed by atoms with Gasteiger partial charge in [0.2, 0.25) is 5.91 Å². The number of carbonyl (C=O) groups is 3. The van der Waals surface area contributed by atoms with E-state index >= 15 is 0 Å². The molecule has 0 radical (unpaired) electrons. The maximum absolute atomic E-state index is 12.5.